The molecule has 1 aromatic carbocycles. The third-order valence-electron chi connectivity index (χ3n) is 4.39. The zero-order chi connectivity index (χ0) is 20.4. The highest BCUT2D eigenvalue weighted by Crippen LogP contribution is 2.18. The van der Waals surface area contributed by atoms with Gasteiger partial charge in [0.1, 0.15) is 5.75 Å². The second kappa shape index (κ2) is 11.1. The predicted octanol–water partition coefficient (Wildman–Crippen LogP) is 1.08. The molecule has 1 aliphatic rings. The van der Waals surface area contributed by atoms with Gasteiger partial charge in [-0.2, -0.15) is 0 Å². The molecule has 1 aliphatic heterocycles. The first-order chi connectivity index (χ1) is 13.5. The number of carboxylic acid groups (broad SMARTS) is 1. The summed E-state index contributed by atoms with van der Waals surface area (Å²) in [6.45, 7) is 4.22. The van der Waals surface area contributed by atoms with Gasteiger partial charge in [0.15, 0.2) is 12.6 Å². The van der Waals surface area contributed by atoms with Crippen LogP contribution in [0.1, 0.15) is 12.8 Å². The Bertz CT molecular complexity index is 679. The number of hydrogen-bond donors (Lipinski definition) is 2. The molecule has 0 spiro atoms. The highest BCUT2D eigenvalue weighted by atomic mass is 16.5. The van der Waals surface area contributed by atoms with Gasteiger partial charge in [0.05, 0.1) is 19.1 Å². The summed E-state index contributed by atoms with van der Waals surface area (Å²) in [7, 11) is 0. The number of carbonyl (C=O) groups excluding carboxylic acids is 2. The van der Waals surface area contributed by atoms with Crippen LogP contribution in [0.25, 0.3) is 0 Å². The molecule has 2 amide bonds. The van der Waals surface area contributed by atoms with E-state index < -0.39 is 23.8 Å². The molecule has 2 atom stereocenters. The molecule has 0 aromatic heterocycles. The Labute approximate surface area is 164 Å². The lowest BCUT2D eigenvalue weighted by molar-refractivity contribution is -0.145. The first-order valence-electron chi connectivity index (χ1n) is 9.18. The zero-order valence-electron chi connectivity index (χ0n) is 15.7. The smallest absolute Gasteiger partial charge is 0.328 e. The SMILES string of the molecule is C=CCOCC(NC(=O)C1CCCN(C(=O)COc2ccccc2)C1)C(=O)O. The number of nitrogens with zero attached hydrogens (tertiary/aromatic N) is 1. The summed E-state index contributed by atoms with van der Waals surface area (Å²) in [6, 6.07) is 7.88. The van der Waals surface area contributed by atoms with Gasteiger partial charge >= 0.3 is 5.97 Å². The van der Waals surface area contributed by atoms with Crippen LogP contribution in [0.2, 0.25) is 0 Å². The van der Waals surface area contributed by atoms with Gasteiger partial charge in [-0.25, -0.2) is 4.79 Å². The summed E-state index contributed by atoms with van der Waals surface area (Å²) in [5, 5.41) is 11.7. The van der Waals surface area contributed by atoms with Crippen LogP contribution >= 0.6 is 0 Å². The van der Waals surface area contributed by atoms with Crippen molar-refractivity contribution in [3.05, 3.63) is 43.0 Å². The van der Waals surface area contributed by atoms with E-state index in [1.165, 1.54) is 6.08 Å². The van der Waals surface area contributed by atoms with E-state index in [0.717, 1.165) is 0 Å². The lowest BCUT2D eigenvalue weighted by Crippen LogP contribution is -2.51. The van der Waals surface area contributed by atoms with Crippen molar-refractivity contribution in [3.63, 3.8) is 0 Å². The maximum absolute atomic E-state index is 12.5. The molecule has 2 rings (SSSR count). The van der Waals surface area contributed by atoms with Crippen LogP contribution in [-0.4, -0.2) is 66.7 Å². The van der Waals surface area contributed by atoms with Crippen molar-refractivity contribution < 1.29 is 29.0 Å². The molecule has 0 bridgehead atoms. The minimum absolute atomic E-state index is 0.106. The molecule has 152 valence electrons. The number of carboxylic acids is 1. The first kappa shape index (κ1) is 21.4. The average Bonchev–Trinajstić information content (AvgIpc) is 2.72. The molecule has 8 heteroatoms. The summed E-state index contributed by atoms with van der Waals surface area (Å²) in [6.07, 6.45) is 2.76. The van der Waals surface area contributed by atoms with E-state index in [1.54, 1.807) is 17.0 Å². The molecule has 8 nitrogen and oxygen atoms in total. The fraction of sp³-hybridized carbons (Fsp3) is 0.450. The largest absolute Gasteiger partial charge is 0.484 e. The highest BCUT2D eigenvalue weighted by Gasteiger charge is 2.31. The van der Waals surface area contributed by atoms with Crippen molar-refractivity contribution in [3.8, 4) is 5.75 Å². The number of nitrogens with one attached hydrogen (secondary N) is 1. The Morgan fingerprint density at radius 2 is 2.07 bits per heavy atom. The van der Waals surface area contributed by atoms with Crippen LogP contribution < -0.4 is 10.1 Å². The van der Waals surface area contributed by atoms with Gasteiger partial charge in [-0.1, -0.05) is 24.3 Å². The van der Waals surface area contributed by atoms with E-state index in [1.807, 2.05) is 18.2 Å². The minimum Gasteiger partial charge on any atom is -0.484 e. The Kier molecular flexibility index (Phi) is 8.48. The Balaban J connectivity index is 1.84. The van der Waals surface area contributed by atoms with Crippen molar-refractivity contribution in [2.45, 2.75) is 18.9 Å². The molecule has 1 saturated heterocycles. The fourth-order valence-corrected chi connectivity index (χ4v) is 2.90. The standard InChI is InChI=1S/C20H26N2O6/c1-2-11-27-13-17(20(25)26)21-19(24)15-7-6-10-22(12-15)18(23)14-28-16-8-4-3-5-9-16/h2-5,8-9,15,17H,1,6-7,10-14H2,(H,21,24)(H,25,26). The van der Waals surface area contributed by atoms with E-state index in [4.69, 9.17) is 9.47 Å². The van der Waals surface area contributed by atoms with Crippen molar-refractivity contribution in [1.82, 2.24) is 10.2 Å². The molecular weight excluding hydrogens is 364 g/mol. The molecule has 0 radical (unpaired) electrons. The molecule has 0 aliphatic carbocycles. The number of hydrogen-bond acceptors (Lipinski definition) is 5. The van der Waals surface area contributed by atoms with Gasteiger partial charge in [-0.15, -0.1) is 6.58 Å². The zero-order valence-corrected chi connectivity index (χ0v) is 15.7. The summed E-state index contributed by atoms with van der Waals surface area (Å²) in [4.78, 5) is 37.8. The van der Waals surface area contributed by atoms with Crippen LogP contribution in [-0.2, 0) is 19.1 Å². The van der Waals surface area contributed by atoms with E-state index in [0.29, 0.717) is 25.1 Å². The van der Waals surface area contributed by atoms with Crippen LogP contribution in [0.5, 0.6) is 5.75 Å². The fourth-order valence-electron chi connectivity index (χ4n) is 2.90. The van der Waals surface area contributed by atoms with E-state index in [9.17, 15) is 19.5 Å². The number of rotatable bonds is 10. The topological polar surface area (TPSA) is 105 Å². The Morgan fingerprint density at radius 1 is 1.32 bits per heavy atom. The number of para-hydroxylation sites is 1. The predicted molar refractivity (Wildman–Crippen MR) is 102 cm³/mol. The highest BCUT2D eigenvalue weighted by molar-refractivity contribution is 5.86. The van der Waals surface area contributed by atoms with Crippen LogP contribution in [0, 0.1) is 5.92 Å². The second-order valence-electron chi connectivity index (χ2n) is 6.51. The van der Waals surface area contributed by atoms with Gasteiger partial charge < -0.3 is 24.8 Å². The van der Waals surface area contributed by atoms with Gasteiger partial charge in [0.25, 0.3) is 5.91 Å². The maximum Gasteiger partial charge on any atom is 0.328 e. The average molecular weight is 390 g/mol. The van der Waals surface area contributed by atoms with Crippen molar-refractivity contribution >= 4 is 17.8 Å². The summed E-state index contributed by atoms with van der Waals surface area (Å²) < 4.78 is 10.6. The van der Waals surface area contributed by atoms with Crippen molar-refractivity contribution in [1.29, 1.82) is 0 Å². The number of benzene rings is 1. The van der Waals surface area contributed by atoms with Crippen molar-refractivity contribution in [2.24, 2.45) is 5.92 Å². The van der Waals surface area contributed by atoms with Gasteiger partial charge in [0.2, 0.25) is 5.91 Å². The summed E-state index contributed by atoms with van der Waals surface area (Å²) >= 11 is 0. The number of ether oxygens (including phenoxy) is 2. The van der Waals surface area contributed by atoms with E-state index >= 15 is 0 Å². The molecule has 0 saturated carbocycles. The molecule has 1 fully saturated rings. The second-order valence-corrected chi connectivity index (χ2v) is 6.51. The normalized spacial score (nSPS) is 17.4. The molecule has 28 heavy (non-hydrogen) atoms. The minimum atomic E-state index is -1.17. The first-order valence-corrected chi connectivity index (χ1v) is 9.18. The third-order valence-corrected chi connectivity index (χ3v) is 4.39. The van der Waals surface area contributed by atoms with Crippen LogP contribution in [0.4, 0.5) is 0 Å². The summed E-state index contributed by atoms with van der Waals surface area (Å²) in [5.74, 6) is -1.62. The van der Waals surface area contributed by atoms with Gasteiger partial charge in [-0.3, -0.25) is 9.59 Å². The Hall–Kier alpha value is -2.87. The number of amides is 2. The molecule has 2 N–H and O–H groups in total. The number of piperidine rings is 1. The van der Waals surface area contributed by atoms with Gasteiger partial charge in [-0.05, 0) is 25.0 Å². The third kappa shape index (κ3) is 6.70. The summed E-state index contributed by atoms with van der Waals surface area (Å²) in [5.41, 5.74) is 0. The monoisotopic (exact) mass is 390 g/mol. The molecular formula is C20H26N2O6. The number of carbonyl (C=O) groups is 3. The van der Waals surface area contributed by atoms with E-state index in [2.05, 4.69) is 11.9 Å². The lowest BCUT2D eigenvalue weighted by atomic mass is 9.96. The van der Waals surface area contributed by atoms with Crippen LogP contribution in [0.15, 0.2) is 43.0 Å². The van der Waals surface area contributed by atoms with Crippen LogP contribution in [0.3, 0.4) is 0 Å². The number of likely N-dealkylation sites (tertiary alicyclic amines) is 1. The molecule has 1 aromatic rings. The van der Waals surface area contributed by atoms with Crippen molar-refractivity contribution in [2.75, 3.05) is 32.9 Å². The molecule has 1 heterocycles. The quantitative estimate of drug-likeness (QED) is 0.457. The maximum atomic E-state index is 12.5. The van der Waals surface area contributed by atoms with Gasteiger partial charge in [0, 0.05) is 13.1 Å². The number of aliphatic carboxylic acids is 1. The lowest BCUT2D eigenvalue weighted by Gasteiger charge is -2.32. The van der Waals surface area contributed by atoms with E-state index in [-0.39, 0.29) is 32.3 Å². The Morgan fingerprint density at radius 3 is 2.75 bits per heavy atom. The molecule has 2 unspecified atom stereocenters.